The predicted molar refractivity (Wildman–Crippen MR) is 82.1 cm³/mol. The van der Waals surface area contributed by atoms with E-state index in [4.69, 9.17) is 17.3 Å². The van der Waals surface area contributed by atoms with Crippen LogP contribution in [0.15, 0.2) is 22.7 Å². The molecule has 102 valence electrons. The lowest BCUT2D eigenvalue weighted by atomic mass is 10.1. The second-order valence-corrected chi connectivity index (χ2v) is 5.99. The van der Waals surface area contributed by atoms with Crippen LogP contribution >= 0.6 is 27.5 Å². The minimum atomic E-state index is 0.205. The Balaban J connectivity index is 2.81. The Morgan fingerprint density at radius 1 is 1.28 bits per heavy atom. The molecule has 0 bridgehead atoms. The average Bonchev–Trinajstić information content (AvgIpc) is 2.30. The van der Waals surface area contributed by atoms with E-state index in [0.29, 0.717) is 6.54 Å². The highest BCUT2D eigenvalue weighted by Gasteiger charge is 2.18. The van der Waals surface area contributed by atoms with Crippen LogP contribution in [0.1, 0.15) is 11.6 Å². The molecule has 18 heavy (non-hydrogen) atoms. The lowest BCUT2D eigenvalue weighted by Crippen LogP contribution is -2.35. The molecule has 0 saturated heterocycles. The van der Waals surface area contributed by atoms with Crippen molar-refractivity contribution in [2.45, 2.75) is 6.04 Å². The van der Waals surface area contributed by atoms with Gasteiger partial charge in [-0.1, -0.05) is 33.6 Å². The summed E-state index contributed by atoms with van der Waals surface area (Å²) in [5.74, 6) is 0. The predicted octanol–water partition coefficient (Wildman–Crippen LogP) is 2.60. The monoisotopic (exact) mass is 333 g/mol. The van der Waals surface area contributed by atoms with Crippen LogP contribution in [-0.2, 0) is 0 Å². The van der Waals surface area contributed by atoms with Gasteiger partial charge in [0, 0.05) is 35.2 Å². The largest absolute Gasteiger partial charge is 0.329 e. The molecule has 0 fully saturated rings. The summed E-state index contributed by atoms with van der Waals surface area (Å²) < 4.78 is 1.02. The first-order valence-corrected chi connectivity index (χ1v) is 7.12. The second-order valence-electron chi connectivity index (χ2n) is 4.70. The Morgan fingerprint density at radius 2 is 1.94 bits per heavy atom. The summed E-state index contributed by atoms with van der Waals surface area (Å²) in [6.45, 7) is 2.58. The summed E-state index contributed by atoms with van der Waals surface area (Å²) in [4.78, 5) is 4.44. The van der Waals surface area contributed by atoms with Gasteiger partial charge in [0.15, 0.2) is 0 Å². The molecule has 1 rings (SSSR count). The molecule has 1 atom stereocenters. The molecule has 1 aromatic carbocycles. The molecule has 0 aliphatic heterocycles. The second kappa shape index (κ2) is 7.46. The van der Waals surface area contributed by atoms with Gasteiger partial charge in [-0.15, -0.1) is 0 Å². The molecule has 1 unspecified atom stereocenters. The van der Waals surface area contributed by atoms with Crippen molar-refractivity contribution >= 4 is 27.5 Å². The van der Waals surface area contributed by atoms with E-state index in [1.165, 1.54) is 5.56 Å². The first kappa shape index (κ1) is 15.9. The number of rotatable bonds is 6. The lowest BCUT2D eigenvalue weighted by Gasteiger charge is -2.29. The summed E-state index contributed by atoms with van der Waals surface area (Å²) in [6, 6.07) is 6.07. The van der Waals surface area contributed by atoms with Gasteiger partial charge < -0.3 is 10.6 Å². The zero-order valence-corrected chi connectivity index (χ0v) is 13.5. The van der Waals surface area contributed by atoms with Crippen molar-refractivity contribution < 1.29 is 0 Å². The summed E-state index contributed by atoms with van der Waals surface area (Å²) in [6.07, 6.45) is 0. The molecule has 0 saturated carbocycles. The van der Waals surface area contributed by atoms with Crippen molar-refractivity contribution in [2.24, 2.45) is 5.73 Å². The van der Waals surface area contributed by atoms with Gasteiger partial charge in [0.25, 0.3) is 0 Å². The Labute approximate surface area is 123 Å². The normalized spacial score (nSPS) is 13.3. The summed E-state index contributed by atoms with van der Waals surface area (Å²) in [5, 5.41) is 0.734. The van der Waals surface area contributed by atoms with Crippen LogP contribution in [-0.4, -0.2) is 50.6 Å². The van der Waals surface area contributed by atoms with E-state index in [1.807, 2.05) is 18.2 Å². The quantitative estimate of drug-likeness (QED) is 0.868. The minimum Gasteiger partial charge on any atom is -0.329 e. The molecule has 0 aliphatic carbocycles. The van der Waals surface area contributed by atoms with E-state index in [1.54, 1.807) is 0 Å². The third-order valence-electron chi connectivity index (χ3n) is 2.98. The molecule has 0 aliphatic rings. The standard InChI is InChI=1S/C13H21BrClN3/c1-17(2)6-7-18(3)13(9-16)11-5-4-10(15)8-12(11)14/h4-5,8,13H,6-7,9,16H2,1-3H3. The molecule has 2 N–H and O–H groups in total. The molecular weight excluding hydrogens is 314 g/mol. The van der Waals surface area contributed by atoms with Gasteiger partial charge in [-0.25, -0.2) is 0 Å². The Kier molecular flexibility index (Phi) is 6.60. The smallest absolute Gasteiger partial charge is 0.0479 e. The van der Waals surface area contributed by atoms with Crippen LogP contribution in [0.3, 0.4) is 0 Å². The van der Waals surface area contributed by atoms with Crippen molar-refractivity contribution in [1.82, 2.24) is 9.80 Å². The highest BCUT2D eigenvalue weighted by atomic mass is 79.9. The van der Waals surface area contributed by atoms with Gasteiger partial charge in [-0.2, -0.15) is 0 Å². The fraction of sp³-hybridized carbons (Fsp3) is 0.538. The van der Waals surface area contributed by atoms with Gasteiger partial charge in [-0.3, -0.25) is 4.90 Å². The van der Waals surface area contributed by atoms with Crippen LogP contribution < -0.4 is 5.73 Å². The maximum atomic E-state index is 5.97. The number of halogens is 2. The molecule has 3 nitrogen and oxygen atoms in total. The highest BCUT2D eigenvalue weighted by Crippen LogP contribution is 2.29. The number of hydrogen-bond acceptors (Lipinski definition) is 3. The van der Waals surface area contributed by atoms with Crippen LogP contribution in [0.25, 0.3) is 0 Å². The Bertz CT molecular complexity index is 384. The fourth-order valence-electron chi connectivity index (χ4n) is 1.83. The number of likely N-dealkylation sites (N-methyl/N-ethyl adjacent to an activating group) is 2. The molecule has 0 heterocycles. The maximum Gasteiger partial charge on any atom is 0.0479 e. The zero-order chi connectivity index (χ0) is 13.7. The first-order valence-electron chi connectivity index (χ1n) is 5.95. The SMILES string of the molecule is CN(C)CCN(C)C(CN)c1ccc(Cl)cc1Br. The van der Waals surface area contributed by atoms with E-state index in [2.05, 4.69) is 46.9 Å². The molecule has 5 heteroatoms. The topological polar surface area (TPSA) is 32.5 Å². The number of nitrogens with two attached hydrogens (primary N) is 1. The lowest BCUT2D eigenvalue weighted by molar-refractivity contribution is 0.222. The van der Waals surface area contributed by atoms with Gasteiger partial charge in [0.1, 0.15) is 0 Å². The van der Waals surface area contributed by atoms with Crippen LogP contribution in [0, 0.1) is 0 Å². The molecular formula is C13H21BrClN3. The first-order chi connectivity index (χ1) is 8.45. The third-order valence-corrected chi connectivity index (χ3v) is 3.90. The molecule has 1 aromatic rings. The van der Waals surface area contributed by atoms with Gasteiger partial charge in [-0.05, 0) is 38.8 Å². The van der Waals surface area contributed by atoms with Crippen molar-refractivity contribution in [2.75, 3.05) is 40.8 Å². The van der Waals surface area contributed by atoms with Gasteiger partial charge in [0.05, 0.1) is 0 Å². The third kappa shape index (κ3) is 4.52. The highest BCUT2D eigenvalue weighted by molar-refractivity contribution is 9.10. The van der Waals surface area contributed by atoms with E-state index in [0.717, 1.165) is 22.6 Å². The number of nitrogens with zero attached hydrogens (tertiary/aromatic N) is 2. The number of benzene rings is 1. The molecule has 0 amide bonds. The zero-order valence-electron chi connectivity index (χ0n) is 11.2. The van der Waals surface area contributed by atoms with Crippen molar-refractivity contribution in [3.05, 3.63) is 33.3 Å². The van der Waals surface area contributed by atoms with Gasteiger partial charge >= 0.3 is 0 Å². The Hall–Kier alpha value is -0.130. The summed E-state index contributed by atoms with van der Waals surface area (Å²) in [7, 11) is 6.25. The van der Waals surface area contributed by atoms with Crippen molar-refractivity contribution in [3.63, 3.8) is 0 Å². The van der Waals surface area contributed by atoms with E-state index < -0.39 is 0 Å². The molecule has 0 radical (unpaired) electrons. The van der Waals surface area contributed by atoms with Crippen LogP contribution in [0.2, 0.25) is 5.02 Å². The minimum absolute atomic E-state index is 0.205. The van der Waals surface area contributed by atoms with Crippen molar-refractivity contribution in [3.8, 4) is 0 Å². The maximum absolute atomic E-state index is 5.97. The van der Waals surface area contributed by atoms with Crippen molar-refractivity contribution in [1.29, 1.82) is 0 Å². The van der Waals surface area contributed by atoms with E-state index in [-0.39, 0.29) is 6.04 Å². The summed E-state index contributed by atoms with van der Waals surface area (Å²) in [5.41, 5.74) is 7.09. The van der Waals surface area contributed by atoms with E-state index >= 15 is 0 Å². The average molecular weight is 335 g/mol. The van der Waals surface area contributed by atoms with Gasteiger partial charge in [0.2, 0.25) is 0 Å². The Morgan fingerprint density at radius 3 is 2.44 bits per heavy atom. The molecule has 0 spiro atoms. The summed E-state index contributed by atoms with van der Waals surface area (Å²) >= 11 is 9.53. The van der Waals surface area contributed by atoms with E-state index in [9.17, 15) is 0 Å². The molecule has 0 aromatic heterocycles. The number of hydrogen-bond donors (Lipinski definition) is 1. The fourth-order valence-corrected chi connectivity index (χ4v) is 2.78. The van der Waals surface area contributed by atoms with Crippen LogP contribution in [0.5, 0.6) is 0 Å². The van der Waals surface area contributed by atoms with Crippen LogP contribution in [0.4, 0.5) is 0 Å².